The number of carbonyl (C=O) groups is 1. The number of carbonyl (C=O) groups excluding carboxylic acids is 1. The van der Waals surface area contributed by atoms with Crippen molar-refractivity contribution in [1.29, 1.82) is 0 Å². The second-order valence-corrected chi connectivity index (χ2v) is 6.31. The molecule has 0 saturated heterocycles. The monoisotopic (exact) mass is 374 g/mol. The van der Waals surface area contributed by atoms with Crippen LogP contribution < -0.4 is 0 Å². The molecule has 0 unspecified atom stereocenters. The molecular weight excluding hydrogens is 362 g/mol. The molecule has 6 heteroatoms. The Morgan fingerprint density at radius 3 is 2.64 bits per heavy atom. The zero-order valence-electron chi connectivity index (χ0n) is 13.2. The molecule has 0 atom stereocenters. The normalized spacial score (nSPS) is 11.2. The van der Waals surface area contributed by atoms with Gasteiger partial charge in [0.25, 0.3) is 0 Å². The minimum Gasteiger partial charge on any atom is -0.289 e. The number of ketones is 1. The molecule has 0 bridgehead atoms. The number of nitrogens with zero attached hydrogens (tertiary/aromatic N) is 1. The maximum absolute atomic E-state index is 13.3. The summed E-state index contributed by atoms with van der Waals surface area (Å²) in [7, 11) is 0. The number of aromatic nitrogens is 2. The number of H-pyrrole nitrogens is 1. The molecule has 0 aliphatic heterocycles. The van der Waals surface area contributed by atoms with E-state index >= 15 is 0 Å². The van der Waals surface area contributed by atoms with Gasteiger partial charge in [0.1, 0.15) is 5.82 Å². The summed E-state index contributed by atoms with van der Waals surface area (Å²) in [5.41, 5.74) is 3.02. The Balaban J connectivity index is 1.78. The van der Waals surface area contributed by atoms with Crippen LogP contribution in [0.2, 0.25) is 10.0 Å². The van der Waals surface area contributed by atoms with Crippen LogP contribution in [0.5, 0.6) is 0 Å². The van der Waals surface area contributed by atoms with Crippen molar-refractivity contribution in [3.63, 3.8) is 0 Å². The molecule has 0 aliphatic rings. The van der Waals surface area contributed by atoms with Crippen LogP contribution >= 0.6 is 23.2 Å². The van der Waals surface area contributed by atoms with E-state index in [2.05, 4.69) is 10.2 Å². The van der Waals surface area contributed by atoms with E-state index in [1.807, 2.05) is 6.07 Å². The number of hydrogen-bond acceptors (Lipinski definition) is 2. The number of rotatable bonds is 4. The van der Waals surface area contributed by atoms with Gasteiger partial charge in [0, 0.05) is 11.1 Å². The van der Waals surface area contributed by atoms with E-state index in [0.717, 1.165) is 5.56 Å². The molecule has 0 spiro atoms. The van der Waals surface area contributed by atoms with E-state index in [-0.39, 0.29) is 11.6 Å². The van der Waals surface area contributed by atoms with Crippen LogP contribution in [0.1, 0.15) is 21.6 Å². The van der Waals surface area contributed by atoms with Crippen LogP contribution in [0.4, 0.5) is 4.39 Å². The van der Waals surface area contributed by atoms with E-state index in [9.17, 15) is 9.18 Å². The fraction of sp³-hybridized carbons (Fsp3) is 0.0526. The molecule has 3 nitrogen and oxygen atoms in total. The van der Waals surface area contributed by atoms with Gasteiger partial charge in [0.15, 0.2) is 5.78 Å². The average Bonchev–Trinajstić information content (AvgIpc) is 3.06. The predicted molar refractivity (Wildman–Crippen MR) is 98.5 cm³/mol. The lowest BCUT2D eigenvalue weighted by Gasteiger charge is -1.99. The molecular formula is C19H13Cl2FN2O. The number of allylic oxidation sites excluding steroid dienone is 1. The van der Waals surface area contributed by atoms with Gasteiger partial charge in [-0.2, -0.15) is 5.10 Å². The fourth-order valence-electron chi connectivity index (χ4n) is 2.28. The Bertz CT molecular complexity index is 979. The highest BCUT2D eigenvalue weighted by Crippen LogP contribution is 2.27. The molecule has 25 heavy (non-hydrogen) atoms. The Hall–Kier alpha value is -2.43. The molecule has 3 aromatic rings. The van der Waals surface area contributed by atoms with E-state index in [0.29, 0.717) is 32.6 Å². The third-order valence-electron chi connectivity index (χ3n) is 3.67. The van der Waals surface area contributed by atoms with Gasteiger partial charge in [-0.15, -0.1) is 0 Å². The number of nitrogens with one attached hydrogen (secondary N) is 1. The zero-order chi connectivity index (χ0) is 18.0. The van der Waals surface area contributed by atoms with Crippen LogP contribution in [-0.2, 0) is 0 Å². The molecule has 2 aromatic carbocycles. The maximum atomic E-state index is 13.3. The Kier molecular flexibility index (Phi) is 5.02. The van der Waals surface area contributed by atoms with Crippen LogP contribution in [-0.4, -0.2) is 16.0 Å². The fourth-order valence-corrected chi connectivity index (χ4v) is 2.58. The third kappa shape index (κ3) is 3.98. The van der Waals surface area contributed by atoms with Crippen molar-refractivity contribution in [2.45, 2.75) is 6.92 Å². The molecule has 1 aromatic heterocycles. The van der Waals surface area contributed by atoms with Gasteiger partial charge in [-0.3, -0.25) is 9.89 Å². The number of aryl methyl sites for hydroxylation is 1. The number of halogens is 3. The lowest BCUT2D eigenvalue weighted by Crippen LogP contribution is -1.96. The largest absolute Gasteiger partial charge is 0.289 e. The minimum atomic E-state index is -0.333. The number of benzene rings is 2. The summed E-state index contributed by atoms with van der Waals surface area (Å²) in [5, 5.41) is 7.95. The predicted octanol–water partition coefficient (Wildman–Crippen LogP) is 5.73. The van der Waals surface area contributed by atoms with Crippen molar-refractivity contribution in [2.75, 3.05) is 0 Å². The van der Waals surface area contributed by atoms with Crippen molar-refractivity contribution in [1.82, 2.24) is 10.2 Å². The number of aromatic amines is 1. The van der Waals surface area contributed by atoms with Gasteiger partial charge in [-0.25, -0.2) is 4.39 Å². The number of hydrogen-bond donors (Lipinski definition) is 1. The average molecular weight is 375 g/mol. The van der Waals surface area contributed by atoms with Crippen LogP contribution in [0.15, 0.2) is 48.5 Å². The first-order valence-electron chi connectivity index (χ1n) is 7.43. The van der Waals surface area contributed by atoms with E-state index < -0.39 is 0 Å². The van der Waals surface area contributed by atoms with Gasteiger partial charge in [0.05, 0.1) is 21.4 Å². The SMILES string of the molecule is Cc1cc(C(=O)/C=C/c2cc(-c3ccc(Cl)c(Cl)c3)n[nH]2)ccc1F. The second kappa shape index (κ2) is 7.21. The van der Waals surface area contributed by atoms with Crippen LogP contribution in [0.3, 0.4) is 0 Å². The van der Waals surface area contributed by atoms with E-state index in [1.54, 1.807) is 31.2 Å². The van der Waals surface area contributed by atoms with Crippen LogP contribution in [0, 0.1) is 12.7 Å². The summed E-state index contributed by atoms with van der Waals surface area (Å²) in [4.78, 5) is 12.2. The highest BCUT2D eigenvalue weighted by Gasteiger charge is 2.07. The summed E-state index contributed by atoms with van der Waals surface area (Å²) in [6.45, 7) is 1.62. The van der Waals surface area contributed by atoms with Crippen molar-refractivity contribution >= 4 is 35.1 Å². The van der Waals surface area contributed by atoms with Gasteiger partial charge in [-0.05, 0) is 61.0 Å². The Labute approximate surface area is 154 Å². The van der Waals surface area contributed by atoms with Gasteiger partial charge < -0.3 is 0 Å². The molecule has 0 radical (unpaired) electrons. The minimum absolute atomic E-state index is 0.214. The first-order valence-corrected chi connectivity index (χ1v) is 8.19. The van der Waals surface area contributed by atoms with E-state index in [1.165, 1.54) is 24.3 Å². The lowest BCUT2D eigenvalue weighted by atomic mass is 10.1. The van der Waals surface area contributed by atoms with E-state index in [4.69, 9.17) is 23.2 Å². The molecule has 3 rings (SSSR count). The van der Waals surface area contributed by atoms with Gasteiger partial charge in [0.2, 0.25) is 0 Å². The summed E-state index contributed by atoms with van der Waals surface area (Å²) >= 11 is 11.9. The summed E-state index contributed by atoms with van der Waals surface area (Å²) in [6.07, 6.45) is 3.04. The quantitative estimate of drug-likeness (QED) is 0.468. The molecule has 126 valence electrons. The molecule has 0 amide bonds. The molecule has 0 fully saturated rings. The first-order chi connectivity index (χ1) is 11.9. The summed E-state index contributed by atoms with van der Waals surface area (Å²) < 4.78 is 13.3. The van der Waals surface area contributed by atoms with Crippen molar-refractivity contribution in [3.8, 4) is 11.3 Å². The lowest BCUT2D eigenvalue weighted by molar-refractivity contribution is 0.104. The summed E-state index contributed by atoms with van der Waals surface area (Å²) in [5.74, 6) is -0.547. The Morgan fingerprint density at radius 2 is 1.92 bits per heavy atom. The third-order valence-corrected chi connectivity index (χ3v) is 4.41. The van der Waals surface area contributed by atoms with Gasteiger partial charge in [-0.1, -0.05) is 29.3 Å². The summed E-state index contributed by atoms with van der Waals surface area (Å²) in [6, 6.07) is 11.3. The maximum Gasteiger partial charge on any atom is 0.185 e. The van der Waals surface area contributed by atoms with Crippen molar-refractivity contribution in [2.24, 2.45) is 0 Å². The molecule has 1 heterocycles. The Morgan fingerprint density at radius 1 is 1.12 bits per heavy atom. The van der Waals surface area contributed by atoms with Crippen LogP contribution in [0.25, 0.3) is 17.3 Å². The topological polar surface area (TPSA) is 45.8 Å². The molecule has 0 aliphatic carbocycles. The highest BCUT2D eigenvalue weighted by molar-refractivity contribution is 6.42. The standard InChI is InChI=1S/C19H13Cl2FN2O/c1-11-8-13(3-6-17(11)22)19(25)7-4-14-10-18(24-23-14)12-2-5-15(20)16(21)9-12/h2-10H,1H3,(H,23,24)/b7-4+. The highest BCUT2D eigenvalue weighted by atomic mass is 35.5. The van der Waals surface area contributed by atoms with Crippen molar-refractivity contribution in [3.05, 3.63) is 81.2 Å². The smallest absolute Gasteiger partial charge is 0.185 e. The molecule has 0 saturated carbocycles. The first kappa shape index (κ1) is 17.4. The van der Waals surface area contributed by atoms with Gasteiger partial charge >= 0.3 is 0 Å². The van der Waals surface area contributed by atoms with Crippen molar-refractivity contribution < 1.29 is 9.18 Å². The zero-order valence-corrected chi connectivity index (χ0v) is 14.7. The molecule has 1 N–H and O–H groups in total. The second-order valence-electron chi connectivity index (χ2n) is 5.50.